The summed E-state index contributed by atoms with van der Waals surface area (Å²) in [4.78, 5) is 24.6. The van der Waals surface area contributed by atoms with Gasteiger partial charge in [0.2, 0.25) is 0 Å². The van der Waals surface area contributed by atoms with Crippen molar-refractivity contribution in [2.75, 3.05) is 13.1 Å². The van der Waals surface area contributed by atoms with Crippen molar-refractivity contribution in [1.82, 2.24) is 4.90 Å². The molecule has 1 aliphatic heterocycles. The van der Waals surface area contributed by atoms with Crippen LogP contribution in [-0.2, 0) is 9.53 Å². The van der Waals surface area contributed by atoms with Crippen molar-refractivity contribution in [1.29, 1.82) is 0 Å². The molecule has 112 valence electrons. The van der Waals surface area contributed by atoms with E-state index >= 15 is 0 Å². The number of carboxylic acid groups (broad SMARTS) is 1. The van der Waals surface area contributed by atoms with Crippen LogP contribution in [0.2, 0.25) is 0 Å². The van der Waals surface area contributed by atoms with Crippen LogP contribution in [0.5, 0.6) is 0 Å². The molecule has 0 unspecified atom stereocenters. The molecule has 20 heavy (non-hydrogen) atoms. The Hall–Kier alpha value is -1.70. The van der Waals surface area contributed by atoms with Gasteiger partial charge in [0.05, 0.1) is 6.42 Å². The highest BCUT2D eigenvalue weighted by Crippen LogP contribution is 2.38. The topological polar surface area (TPSA) is 66.8 Å². The van der Waals surface area contributed by atoms with Crippen LogP contribution in [0.4, 0.5) is 4.79 Å². The molecular formula is C15H23NO4. The van der Waals surface area contributed by atoms with Gasteiger partial charge in [-0.15, -0.1) is 12.3 Å². The maximum Gasteiger partial charge on any atom is 0.410 e. The van der Waals surface area contributed by atoms with E-state index < -0.39 is 11.6 Å². The number of piperidine rings is 1. The molecule has 1 aliphatic rings. The minimum absolute atomic E-state index is 0.0549. The van der Waals surface area contributed by atoms with Crippen LogP contribution in [0.25, 0.3) is 0 Å². The summed E-state index contributed by atoms with van der Waals surface area (Å²) in [7, 11) is 0. The van der Waals surface area contributed by atoms with E-state index in [1.807, 2.05) is 20.8 Å². The van der Waals surface area contributed by atoms with E-state index in [1.54, 1.807) is 4.90 Å². The lowest BCUT2D eigenvalue weighted by molar-refractivity contribution is -0.140. The number of aliphatic carboxylic acids is 1. The predicted octanol–water partition coefficient (Wildman–Crippen LogP) is 2.50. The zero-order chi connectivity index (χ0) is 15.4. The minimum Gasteiger partial charge on any atom is -0.481 e. The Labute approximate surface area is 120 Å². The molecule has 1 rings (SSSR count). The normalized spacial score (nSPS) is 18.2. The molecule has 1 fully saturated rings. The third-order valence-electron chi connectivity index (χ3n) is 3.48. The third kappa shape index (κ3) is 4.76. The SMILES string of the molecule is C#CCC1(CC(=O)O)CCN(C(=O)OC(C)(C)C)CC1. The standard InChI is InChI=1S/C15H23NO4/c1-5-6-15(11-12(17)18)7-9-16(10-8-15)13(19)20-14(2,3)4/h1H,6-11H2,2-4H3,(H,17,18). The largest absolute Gasteiger partial charge is 0.481 e. The first-order valence-electron chi connectivity index (χ1n) is 6.81. The van der Waals surface area contributed by atoms with Gasteiger partial charge < -0.3 is 14.7 Å². The molecule has 0 atom stereocenters. The fourth-order valence-corrected chi connectivity index (χ4v) is 2.44. The fourth-order valence-electron chi connectivity index (χ4n) is 2.44. The Balaban J connectivity index is 2.63. The smallest absolute Gasteiger partial charge is 0.410 e. The molecular weight excluding hydrogens is 258 g/mol. The number of carboxylic acids is 1. The van der Waals surface area contributed by atoms with Gasteiger partial charge in [0.1, 0.15) is 5.60 Å². The van der Waals surface area contributed by atoms with Crippen LogP contribution in [0, 0.1) is 17.8 Å². The molecule has 0 saturated carbocycles. The summed E-state index contributed by atoms with van der Waals surface area (Å²) in [6, 6.07) is 0. The summed E-state index contributed by atoms with van der Waals surface area (Å²) in [6.45, 7) is 6.44. The Morgan fingerprint density at radius 1 is 1.35 bits per heavy atom. The molecule has 0 aromatic heterocycles. The van der Waals surface area contributed by atoms with Crippen LogP contribution in [0.3, 0.4) is 0 Å². The van der Waals surface area contributed by atoms with Crippen molar-refractivity contribution in [3.05, 3.63) is 0 Å². The van der Waals surface area contributed by atoms with E-state index in [4.69, 9.17) is 16.3 Å². The second kappa shape index (κ2) is 6.17. The van der Waals surface area contributed by atoms with E-state index in [9.17, 15) is 9.59 Å². The molecule has 0 radical (unpaired) electrons. The van der Waals surface area contributed by atoms with Gasteiger partial charge in [0.25, 0.3) is 0 Å². The Bertz CT molecular complexity index is 409. The number of hydrogen-bond donors (Lipinski definition) is 1. The van der Waals surface area contributed by atoms with Crippen LogP contribution in [0.15, 0.2) is 0 Å². The molecule has 0 bridgehead atoms. The first kappa shape index (κ1) is 16.4. The molecule has 5 nitrogen and oxygen atoms in total. The van der Waals surface area contributed by atoms with E-state index in [2.05, 4.69) is 5.92 Å². The molecule has 5 heteroatoms. The number of terminal acetylenes is 1. The van der Waals surface area contributed by atoms with Crippen molar-refractivity contribution < 1.29 is 19.4 Å². The molecule has 0 aromatic carbocycles. The number of likely N-dealkylation sites (tertiary alicyclic amines) is 1. The average Bonchev–Trinajstić information content (AvgIpc) is 2.26. The van der Waals surface area contributed by atoms with Gasteiger partial charge in [-0.25, -0.2) is 4.79 Å². The summed E-state index contributed by atoms with van der Waals surface area (Å²) >= 11 is 0. The van der Waals surface area contributed by atoms with Gasteiger partial charge in [-0.3, -0.25) is 4.79 Å². The van der Waals surface area contributed by atoms with E-state index in [1.165, 1.54) is 0 Å². The lowest BCUT2D eigenvalue weighted by Crippen LogP contribution is -2.45. The molecule has 1 amide bonds. The number of carbonyl (C=O) groups is 2. The first-order valence-corrected chi connectivity index (χ1v) is 6.81. The fraction of sp³-hybridized carbons (Fsp3) is 0.733. The zero-order valence-corrected chi connectivity index (χ0v) is 12.4. The van der Waals surface area contributed by atoms with Crippen LogP contribution >= 0.6 is 0 Å². The number of hydrogen-bond acceptors (Lipinski definition) is 3. The number of ether oxygens (including phenoxy) is 1. The van der Waals surface area contributed by atoms with Crippen molar-refractivity contribution in [3.8, 4) is 12.3 Å². The monoisotopic (exact) mass is 281 g/mol. The average molecular weight is 281 g/mol. The van der Waals surface area contributed by atoms with Crippen molar-refractivity contribution in [3.63, 3.8) is 0 Å². The summed E-state index contributed by atoms with van der Waals surface area (Å²) < 4.78 is 5.32. The molecule has 0 aromatic rings. The first-order chi connectivity index (χ1) is 9.17. The lowest BCUT2D eigenvalue weighted by Gasteiger charge is -2.40. The van der Waals surface area contributed by atoms with Gasteiger partial charge in [-0.05, 0) is 39.0 Å². The molecule has 0 spiro atoms. The predicted molar refractivity (Wildman–Crippen MR) is 75.2 cm³/mol. The van der Waals surface area contributed by atoms with Crippen LogP contribution in [-0.4, -0.2) is 40.8 Å². The summed E-state index contributed by atoms with van der Waals surface area (Å²) in [6.07, 6.45) is 6.69. The number of amides is 1. The van der Waals surface area contributed by atoms with Gasteiger partial charge in [-0.2, -0.15) is 0 Å². The molecule has 1 heterocycles. The summed E-state index contributed by atoms with van der Waals surface area (Å²) in [5.41, 5.74) is -0.912. The number of rotatable bonds is 3. The second-order valence-corrected chi connectivity index (χ2v) is 6.42. The number of carbonyl (C=O) groups excluding carboxylic acids is 1. The van der Waals surface area contributed by atoms with E-state index in [-0.39, 0.29) is 17.9 Å². The zero-order valence-electron chi connectivity index (χ0n) is 12.4. The maximum absolute atomic E-state index is 12.0. The van der Waals surface area contributed by atoms with E-state index in [0.717, 1.165) is 0 Å². The highest BCUT2D eigenvalue weighted by Gasteiger charge is 2.38. The van der Waals surface area contributed by atoms with Gasteiger partial charge >= 0.3 is 12.1 Å². The van der Waals surface area contributed by atoms with Gasteiger partial charge in [-0.1, -0.05) is 0 Å². The van der Waals surface area contributed by atoms with Crippen LogP contribution < -0.4 is 0 Å². The lowest BCUT2D eigenvalue weighted by atomic mass is 9.73. The maximum atomic E-state index is 12.0. The van der Waals surface area contributed by atoms with Crippen molar-refractivity contribution >= 4 is 12.1 Å². The Morgan fingerprint density at radius 2 is 1.90 bits per heavy atom. The van der Waals surface area contributed by atoms with Gasteiger partial charge in [0.15, 0.2) is 0 Å². The molecule has 0 aliphatic carbocycles. The molecule has 1 saturated heterocycles. The highest BCUT2D eigenvalue weighted by molar-refractivity contribution is 5.69. The number of nitrogens with zero attached hydrogens (tertiary/aromatic N) is 1. The van der Waals surface area contributed by atoms with Crippen LogP contribution in [0.1, 0.15) is 46.5 Å². The Kier molecular flexibility index (Phi) is 5.04. The summed E-state index contributed by atoms with van der Waals surface area (Å²) in [5, 5.41) is 9.01. The van der Waals surface area contributed by atoms with Crippen molar-refractivity contribution in [2.24, 2.45) is 5.41 Å². The second-order valence-electron chi connectivity index (χ2n) is 6.42. The quantitative estimate of drug-likeness (QED) is 0.807. The van der Waals surface area contributed by atoms with Gasteiger partial charge in [0, 0.05) is 19.5 Å². The summed E-state index contributed by atoms with van der Waals surface area (Å²) in [5.74, 6) is 1.73. The third-order valence-corrected chi connectivity index (χ3v) is 3.48. The van der Waals surface area contributed by atoms with E-state index in [0.29, 0.717) is 32.4 Å². The minimum atomic E-state index is -0.842. The van der Waals surface area contributed by atoms with Crippen molar-refractivity contribution in [2.45, 2.75) is 52.1 Å². The Morgan fingerprint density at radius 3 is 2.30 bits per heavy atom. The highest BCUT2D eigenvalue weighted by atomic mass is 16.6. The molecule has 1 N–H and O–H groups in total.